The Hall–Kier alpha value is -1.73. The summed E-state index contributed by atoms with van der Waals surface area (Å²) in [6.45, 7) is 3.13. The van der Waals surface area contributed by atoms with Gasteiger partial charge in [-0.05, 0) is 24.7 Å². The standard InChI is InChI=1S/C13H17ClN4O2S/c1-3-4-20-12-9(5-10(14)6-11(12)19-2)7-16-18-8-15-17-13(18)21/h5-6,8,16H,3-4,7H2,1-2H3,(H,17,21). The van der Waals surface area contributed by atoms with E-state index in [1.54, 1.807) is 24.2 Å². The number of halogens is 1. The molecule has 2 aromatic rings. The average Bonchev–Trinajstić information content (AvgIpc) is 2.88. The Balaban J connectivity index is 2.25. The first-order chi connectivity index (χ1) is 10.2. The van der Waals surface area contributed by atoms with Gasteiger partial charge in [-0.15, -0.1) is 0 Å². The second-order valence-corrected chi connectivity index (χ2v) is 5.13. The number of nitrogens with one attached hydrogen (secondary N) is 2. The van der Waals surface area contributed by atoms with E-state index in [2.05, 4.69) is 15.6 Å². The first kappa shape index (κ1) is 15.7. The number of hydrogen-bond acceptors (Lipinski definition) is 5. The molecule has 114 valence electrons. The van der Waals surface area contributed by atoms with Crippen molar-refractivity contribution in [2.45, 2.75) is 19.9 Å². The molecule has 1 heterocycles. The van der Waals surface area contributed by atoms with Gasteiger partial charge in [0.2, 0.25) is 4.77 Å². The van der Waals surface area contributed by atoms with Gasteiger partial charge in [0.05, 0.1) is 20.3 Å². The Kier molecular flexibility index (Phi) is 5.46. The van der Waals surface area contributed by atoms with Crippen LogP contribution in [0.15, 0.2) is 18.5 Å². The van der Waals surface area contributed by atoms with E-state index in [0.717, 1.165) is 12.0 Å². The summed E-state index contributed by atoms with van der Waals surface area (Å²) in [4.78, 5) is 0. The number of aromatic nitrogens is 3. The third kappa shape index (κ3) is 3.89. The van der Waals surface area contributed by atoms with Crippen molar-refractivity contribution < 1.29 is 9.47 Å². The van der Waals surface area contributed by atoms with Gasteiger partial charge < -0.3 is 14.9 Å². The molecule has 6 nitrogen and oxygen atoms in total. The number of benzene rings is 1. The summed E-state index contributed by atoms with van der Waals surface area (Å²) in [5, 5.41) is 7.10. The summed E-state index contributed by atoms with van der Waals surface area (Å²) in [5.74, 6) is 1.30. The second-order valence-electron chi connectivity index (χ2n) is 4.31. The second kappa shape index (κ2) is 7.33. The smallest absolute Gasteiger partial charge is 0.214 e. The Morgan fingerprint density at radius 1 is 1.48 bits per heavy atom. The quantitative estimate of drug-likeness (QED) is 0.764. The predicted molar refractivity (Wildman–Crippen MR) is 84.3 cm³/mol. The van der Waals surface area contributed by atoms with Crippen LogP contribution in [-0.2, 0) is 6.54 Å². The molecule has 0 spiro atoms. The fraction of sp³-hybridized carbons (Fsp3) is 0.385. The summed E-state index contributed by atoms with van der Waals surface area (Å²) in [6, 6.07) is 3.57. The normalized spacial score (nSPS) is 10.4. The summed E-state index contributed by atoms with van der Waals surface area (Å²) in [5.41, 5.74) is 4.01. The maximum atomic E-state index is 6.12. The van der Waals surface area contributed by atoms with Gasteiger partial charge in [-0.1, -0.05) is 18.5 Å². The molecule has 0 unspecified atom stereocenters. The summed E-state index contributed by atoms with van der Waals surface area (Å²) in [7, 11) is 1.59. The third-order valence-corrected chi connectivity index (χ3v) is 3.27. The molecule has 2 rings (SSSR count). The van der Waals surface area contributed by atoms with Gasteiger partial charge in [-0.3, -0.25) is 5.10 Å². The lowest BCUT2D eigenvalue weighted by Gasteiger charge is -2.16. The Labute approximate surface area is 133 Å². The van der Waals surface area contributed by atoms with Crippen LogP contribution in [0.2, 0.25) is 5.02 Å². The molecule has 8 heteroatoms. The average molecular weight is 329 g/mol. The summed E-state index contributed by atoms with van der Waals surface area (Å²) < 4.78 is 13.2. The van der Waals surface area contributed by atoms with Crippen LogP contribution in [0, 0.1) is 4.77 Å². The van der Waals surface area contributed by atoms with Gasteiger partial charge in [-0.25, -0.2) is 4.68 Å². The number of ether oxygens (including phenoxy) is 2. The Morgan fingerprint density at radius 2 is 2.29 bits per heavy atom. The van der Waals surface area contributed by atoms with Gasteiger partial charge in [0.1, 0.15) is 6.33 Å². The van der Waals surface area contributed by atoms with Crippen molar-refractivity contribution in [1.29, 1.82) is 0 Å². The molecule has 0 atom stereocenters. The van der Waals surface area contributed by atoms with Gasteiger partial charge >= 0.3 is 0 Å². The van der Waals surface area contributed by atoms with Crippen LogP contribution in [0.1, 0.15) is 18.9 Å². The molecule has 0 amide bonds. The number of nitrogens with zero attached hydrogens (tertiary/aromatic N) is 2. The highest BCUT2D eigenvalue weighted by atomic mass is 35.5. The van der Waals surface area contributed by atoms with Gasteiger partial charge in [0, 0.05) is 16.7 Å². The minimum atomic E-state index is 0.476. The fourth-order valence-corrected chi connectivity index (χ4v) is 2.20. The maximum Gasteiger partial charge on any atom is 0.214 e. The molecule has 0 aliphatic rings. The molecular weight excluding hydrogens is 312 g/mol. The van der Waals surface area contributed by atoms with E-state index in [1.807, 2.05) is 13.0 Å². The minimum absolute atomic E-state index is 0.476. The highest BCUT2D eigenvalue weighted by molar-refractivity contribution is 7.71. The molecular formula is C13H17ClN4O2S. The molecule has 0 bridgehead atoms. The Bertz CT molecular complexity index is 656. The molecule has 0 saturated carbocycles. The van der Waals surface area contributed by atoms with Crippen molar-refractivity contribution in [3.63, 3.8) is 0 Å². The van der Waals surface area contributed by atoms with E-state index >= 15 is 0 Å². The van der Waals surface area contributed by atoms with E-state index < -0.39 is 0 Å². The van der Waals surface area contributed by atoms with Crippen molar-refractivity contribution in [3.05, 3.63) is 33.8 Å². The largest absolute Gasteiger partial charge is 0.493 e. The molecule has 0 saturated heterocycles. The first-order valence-corrected chi connectivity index (χ1v) is 7.29. The number of rotatable bonds is 7. The molecule has 0 aliphatic carbocycles. The van der Waals surface area contributed by atoms with Crippen molar-refractivity contribution in [2.75, 3.05) is 19.1 Å². The lowest BCUT2D eigenvalue weighted by Crippen LogP contribution is -2.14. The molecule has 0 aliphatic heterocycles. The predicted octanol–water partition coefficient (Wildman–Crippen LogP) is 3.14. The van der Waals surface area contributed by atoms with E-state index in [0.29, 0.717) is 34.4 Å². The van der Waals surface area contributed by atoms with Crippen LogP contribution in [0.4, 0.5) is 0 Å². The molecule has 2 N–H and O–H groups in total. The van der Waals surface area contributed by atoms with Crippen molar-refractivity contribution in [1.82, 2.24) is 14.9 Å². The van der Waals surface area contributed by atoms with Crippen molar-refractivity contribution in [2.24, 2.45) is 0 Å². The highest BCUT2D eigenvalue weighted by Crippen LogP contribution is 2.35. The lowest BCUT2D eigenvalue weighted by molar-refractivity contribution is 0.291. The molecule has 21 heavy (non-hydrogen) atoms. The van der Waals surface area contributed by atoms with E-state index in [4.69, 9.17) is 33.3 Å². The molecule has 1 aromatic carbocycles. The summed E-state index contributed by atoms with van der Waals surface area (Å²) in [6.07, 6.45) is 2.47. The Morgan fingerprint density at radius 3 is 2.90 bits per heavy atom. The zero-order chi connectivity index (χ0) is 15.2. The van der Waals surface area contributed by atoms with E-state index in [9.17, 15) is 0 Å². The number of H-pyrrole nitrogens is 1. The van der Waals surface area contributed by atoms with Crippen LogP contribution in [0.5, 0.6) is 11.5 Å². The third-order valence-electron chi connectivity index (χ3n) is 2.76. The molecule has 0 radical (unpaired) electrons. The monoisotopic (exact) mass is 328 g/mol. The maximum absolute atomic E-state index is 6.12. The highest BCUT2D eigenvalue weighted by Gasteiger charge is 2.13. The van der Waals surface area contributed by atoms with Gasteiger partial charge in [-0.2, -0.15) is 5.10 Å². The zero-order valence-corrected chi connectivity index (χ0v) is 13.4. The van der Waals surface area contributed by atoms with Crippen LogP contribution >= 0.6 is 23.8 Å². The SMILES string of the molecule is CCCOc1c(CNn2cn[nH]c2=S)cc(Cl)cc1OC. The minimum Gasteiger partial charge on any atom is -0.493 e. The van der Waals surface area contributed by atoms with Crippen LogP contribution in [-0.4, -0.2) is 28.6 Å². The summed E-state index contributed by atoms with van der Waals surface area (Å²) >= 11 is 11.2. The number of aromatic amines is 1. The molecule has 1 aromatic heterocycles. The van der Waals surface area contributed by atoms with Gasteiger partial charge in [0.15, 0.2) is 11.5 Å². The first-order valence-electron chi connectivity index (χ1n) is 6.50. The molecule has 0 fully saturated rings. The zero-order valence-electron chi connectivity index (χ0n) is 11.9. The van der Waals surface area contributed by atoms with Crippen molar-refractivity contribution in [3.8, 4) is 11.5 Å². The van der Waals surface area contributed by atoms with Crippen LogP contribution in [0.3, 0.4) is 0 Å². The van der Waals surface area contributed by atoms with Crippen molar-refractivity contribution >= 4 is 23.8 Å². The topological polar surface area (TPSA) is 64.1 Å². The van der Waals surface area contributed by atoms with Gasteiger partial charge in [0.25, 0.3) is 0 Å². The van der Waals surface area contributed by atoms with E-state index in [-0.39, 0.29) is 0 Å². The fourth-order valence-electron chi connectivity index (χ4n) is 1.80. The van der Waals surface area contributed by atoms with Crippen LogP contribution in [0.25, 0.3) is 0 Å². The number of hydrogen-bond donors (Lipinski definition) is 2. The number of methoxy groups -OCH3 is 1. The van der Waals surface area contributed by atoms with Crippen LogP contribution < -0.4 is 14.9 Å². The lowest BCUT2D eigenvalue weighted by atomic mass is 10.2. The van der Waals surface area contributed by atoms with E-state index in [1.165, 1.54) is 0 Å².